The van der Waals surface area contributed by atoms with Crippen molar-refractivity contribution in [3.63, 3.8) is 0 Å². The fourth-order valence-corrected chi connectivity index (χ4v) is 4.97. The van der Waals surface area contributed by atoms with E-state index in [9.17, 15) is 9.90 Å². The molecule has 0 spiro atoms. The summed E-state index contributed by atoms with van der Waals surface area (Å²) in [5.74, 6) is 0.0211. The van der Waals surface area contributed by atoms with E-state index < -0.39 is 12.4 Å². The number of hydrogen-bond donors (Lipinski definition) is 1. The normalized spacial score (nSPS) is 41.6. The number of rotatable bonds is 2. The smallest absolute Gasteiger partial charge is 0.337 e. The van der Waals surface area contributed by atoms with Gasteiger partial charge in [0.2, 0.25) is 6.29 Å². The van der Waals surface area contributed by atoms with Gasteiger partial charge in [-0.05, 0) is 37.5 Å². The van der Waals surface area contributed by atoms with Gasteiger partial charge in [0.1, 0.15) is 0 Å². The van der Waals surface area contributed by atoms with Gasteiger partial charge in [-0.3, -0.25) is 0 Å². The monoisotopic (exact) mass is 294 g/mol. The van der Waals surface area contributed by atoms with Crippen LogP contribution in [-0.4, -0.2) is 30.1 Å². The maximum atomic E-state index is 12.4. The van der Waals surface area contributed by atoms with Gasteiger partial charge >= 0.3 is 5.97 Å². The van der Waals surface area contributed by atoms with Crippen molar-refractivity contribution in [2.24, 2.45) is 16.7 Å². The summed E-state index contributed by atoms with van der Waals surface area (Å²) in [4.78, 5) is 12.4. The van der Waals surface area contributed by atoms with Gasteiger partial charge in [-0.15, -0.1) is 0 Å². The summed E-state index contributed by atoms with van der Waals surface area (Å²) in [7, 11) is 0. The summed E-state index contributed by atoms with van der Waals surface area (Å²) in [5, 5.41) is 10.6. The van der Waals surface area contributed by atoms with E-state index in [1.165, 1.54) is 0 Å². The number of esters is 1. The standard InChI is InChI=1S/C17H26O4/c1-5-20-15-12-10(18)9-11-16(2,3)7-6-8-17(11,4)13(12)14(19)21-15/h10-11,15,18H,5-9H2,1-4H3/t10-,11-,15?,17-/m0/s1. The van der Waals surface area contributed by atoms with Gasteiger partial charge in [0.05, 0.1) is 11.7 Å². The summed E-state index contributed by atoms with van der Waals surface area (Å²) < 4.78 is 10.9. The Kier molecular flexibility index (Phi) is 3.45. The molecule has 21 heavy (non-hydrogen) atoms. The van der Waals surface area contributed by atoms with Gasteiger partial charge in [-0.25, -0.2) is 4.79 Å². The molecule has 118 valence electrons. The van der Waals surface area contributed by atoms with E-state index in [2.05, 4.69) is 20.8 Å². The zero-order valence-electron chi connectivity index (χ0n) is 13.4. The predicted octanol–water partition coefficient (Wildman–Crippen LogP) is 2.80. The van der Waals surface area contributed by atoms with Gasteiger partial charge in [-0.1, -0.05) is 27.2 Å². The molecule has 4 heteroatoms. The molecule has 1 saturated carbocycles. The van der Waals surface area contributed by atoms with Crippen molar-refractivity contribution in [2.45, 2.75) is 65.8 Å². The molecule has 4 nitrogen and oxygen atoms in total. The first-order chi connectivity index (χ1) is 9.81. The molecule has 3 rings (SSSR count). The maximum absolute atomic E-state index is 12.4. The summed E-state index contributed by atoms with van der Waals surface area (Å²) >= 11 is 0. The Morgan fingerprint density at radius 1 is 1.33 bits per heavy atom. The van der Waals surface area contributed by atoms with Crippen LogP contribution in [0.15, 0.2) is 11.1 Å². The van der Waals surface area contributed by atoms with Crippen molar-refractivity contribution in [3.05, 3.63) is 11.1 Å². The minimum absolute atomic E-state index is 0.135. The summed E-state index contributed by atoms with van der Waals surface area (Å²) in [6.07, 6.45) is 2.63. The third-order valence-electron chi connectivity index (χ3n) is 5.90. The molecule has 0 aromatic rings. The highest BCUT2D eigenvalue weighted by Crippen LogP contribution is 2.61. The summed E-state index contributed by atoms with van der Waals surface area (Å²) in [6, 6.07) is 0. The minimum atomic E-state index is -0.685. The summed E-state index contributed by atoms with van der Waals surface area (Å²) in [6.45, 7) is 9.03. The topological polar surface area (TPSA) is 55.8 Å². The molecule has 1 aliphatic heterocycles. The van der Waals surface area contributed by atoms with Gasteiger partial charge in [0.15, 0.2) is 0 Å². The zero-order chi connectivity index (χ0) is 15.4. The molecular formula is C17H26O4. The van der Waals surface area contributed by atoms with Gasteiger partial charge in [0.25, 0.3) is 0 Å². The summed E-state index contributed by atoms with van der Waals surface area (Å²) in [5.41, 5.74) is 1.34. The number of aliphatic hydroxyl groups is 1. The molecule has 0 radical (unpaired) electrons. The average Bonchev–Trinajstić information content (AvgIpc) is 2.71. The molecule has 3 aliphatic rings. The van der Waals surface area contributed by atoms with Crippen molar-refractivity contribution >= 4 is 5.97 Å². The van der Waals surface area contributed by atoms with Crippen molar-refractivity contribution in [1.29, 1.82) is 0 Å². The third kappa shape index (κ3) is 2.07. The first-order valence-electron chi connectivity index (χ1n) is 8.06. The molecule has 0 aromatic carbocycles. The highest BCUT2D eigenvalue weighted by atomic mass is 16.7. The highest BCUT2D eigenvalue weighted by molar-refractivity contribution is 5.94. The van der Waals surface area contributed by atoms with E-state index in [1.807, 2.05) is 6.92 Å². The Morgan fingerprint density at radius 2 is 2.05 bits per heavy atom. The van der Waals surface area contributed by atoms with Crippen LogP contribution in [0.2, 0.25) is 0 Å². The Labute approximate surface area is 126 Å². The number of carbonyl (C=O) groups excluding carboxylic acids is 1. The fourth-order valence-electron chi connectivity index (χ4n) is 4.97. The number of cyclic esters (lactones) is 1. The lowest BCUT2D eigenvalue weighted by Gasteiger charge is -2.54. The molecule has 2 aliphatic carbocycles. The van der Waals surface area contributed by atoms with Crippen LogP contribution in [0.5, 0.6) is 0 Å². The lowest BCUT2D eigenvalue weighted by atomic mass is 9.50. The molecular weight excluding hydrogens is 268 g/mol. The first kappa shape index (κ1) is 15.0. The van der Waals surface area contributed by atoms with Crippen molar-refractivity contribution < 1.29 is 19.4 Å². The van der Waals surface area contributed by atoms with Gasteiger partial charge in [0, 0.05) is 17.6 Å². The molecule has 1 unspecified atom stereocenters. The van der Waals surface area contributed by atoms with Crippen LogP contribution < -0.4 is 0 Å². The van der Waals surface area contributed by atoms with Crippen LogP contribution in [0.25, 0.3) is 0 Å². The predicted molar refractivity (Wildman–Crippen MR) is 78.4 cm³/mol. The van der Waals surface area contributed by atoms with Crippen molar-refractivity contribution in [1.82, 2.24) is 0 Å². The Morgan fingerprint density at radius 3 is 2.71 bits per heavy atom. The van der Waals surface area contributed by atoms with E-state index in [0.717, 1.165) is 19.3 Å². The van der Waals surface area contributed by atoms with E-state index in [0.29, 0.717) is 30.1 Å². The minimum Gasteiger partial charge on any atom is -0.428 e. The quantitative estimate of drug-likeness (QED) is 0.796. The number of fused-ring (bicyclic) bond motifs is 2. The first-order valence-corrected chi connectivity index (χ1v) is 8.06. The fraction of sp³-hybridized carbons (Fsp3) is 0.824. The molecule has 1 heterocycles. The van der Waals surface area contributed by atoms with Crippen molar-refractivity contribution in [2.75, 3.05) is 6.61 Å². The van der Waals surface area contributed by atoms with E-state index in [4.69, 9.17) is 9.47 Å². The van der Waals surface area contributed by atoms with E-state index in [1.54, 1.807) is 0 Å². The second-order valence-corrected chi connectivity index (χ2v) is 7.59. The number of hydrogen-bond acceptors (Lipinski definition) is 4. The molecule has 1 fully saturated rings. The van der Waals surface area contributed by atoms with Crippen molar-refractivity contribution in [3.8, 4) is 0 Å². The van der Waals surface area contributed by atoms with Crippen LogP contribution in [0, 0.1) is 16.7 Å². The molecule has 0 saturated heterocycles. The zero-order valence-corrected chi connectivity index (χ0v) is 13.4. The van der Waals surface area contributed by atoms with Crippen LogP contribution in [-0.2, 0) is 14.3 Å². The van der Waals surface area contributed by atoms with Gasteiger partial charge < -0.3 is 14.6 Å². The van der Waals surface area contributed by atoms with Crippen LogP contribution >= 0.6 is 0 Å². The Hall–Kier alpha value is -0.870. The molecule has 0 amide bonds. The molecule has 0 bridgehead atoms. The van der Waals surface area contributed by atoms with Gasteiger partial charge in [-0.2, -0.15) is 0 Å². The lowest BCUT2D eigenvalue weighted by molar-refractivity contribution is -0.160. The molecule has 4 atom stereocenters. The Balaban J connectivity index is 2.09. The lowest BCUT2D eigenvalue weighted by Crippen LogP contribution is -2.49. The van der Waals surface area contributed by atoms with Crippen LogP contribution in [0.1, 0.15) is 53.4 Å². The van der Waals surface area contributed by atoms with Crippen LogP contribution in [0.4, 0.5) is 0 Å². The second kappa shape index (κ2) is 4.82. The number of ether oxygens (including phenoxy) is 2. The Bertz CT molecular complexity index is 493. The number of aliphatic hydroxyl groups excluding tert-OH is 1. The van der Waals surface area contributed by atoms with E-state index in [-0.39, 0.29) is 16.8 Å². The largest absolute Gasteiger partial charge is 0.428 e. The maximum Gasteiger partial charge on any atom is 0.337 e. The third-order valence-corrected chi connectivity index (χ3v) is 5.90. The second-order valence-electron chi connectivity index (χ2n) is 7.59. The van der Waals surface area contributed by atoms with E-state index >= 15 is 0 Å². The molecule has 0 aromatic heterocycles. The SMILES string of the molecule is CCOC1OC(=O)C2=C1[C@@H](O)C[C@H]1C(C)(C)CCC[C@]21C. The highest BCUT2D eigenvalue weighted by Gasteiger charge is 2.58. The average molecular weight is 294 g/mol. The molecule has 1 N–H and O–H groups in total. The van der Waals surface area contributed by atoms with Crippen LogP contribution in [0.3, 0.4) is 0 Å². The number of carbonyl (C=O) groups is 1.